The van der Waals surface area contributed by atoms with Crippen molar-refractivity contribution in [2.75, 3.05) is 6.54 Å². The van der Waals surface area contributed by atoms with Crippen molar-refractivity contribution in [3.8, 4) is 11.5 Å². The average Bonchev–Trinajstić information content (AvgIpc) is 3.12. The van der Waals surface area contributed by atoms with Gasteiger partial charge in [0, 0.05) is 41.4 Å². The lowest BCUT2D eigenvalue weighted by Crippen LogP contribution is -2.26. The Kier molecular flexibility index (Phi) is 5.39. The van der Waals surface area contributed by atoms with Crippen LogP contribution in [0.5, 0.6) is 11.5 Å². The van der Waals surface area contributed by atoms with E-state index in [0.717, 1.165) is 11.4 Å². The average molecular weight is 405 g/mol. The van der Waals surface area contributed by atoms with Crippen molar-refractivity contribution in [1.82, 2.24) is 14.7 Å². The van der Waals surface area contributed by atoms with Gasteiger partial charge in [-0.05, 0) is 43.3 Å². The Morgan fingerprint density at radius 3 is 2.59 bits per heavy atom. The molecule has 1 N–H and O–H groups in total. The molecule has 0 fully saturated rings. The fraction of sp³-hybridized carbons (Fsp3) is 0.136. The third-order valence-corrected chi connectivity index (χ3v) is 5.24. The molecule has 0 spiro atoms. The summed E-state index contributed by atoms with van der Waals surface area (Å²) in [5, 5.41) is 4.80. The van der Waals surface area contributed by atoms with Crippen molar-refractivity contribution in [3.63, 3.8) is 0 Å². The maximum atomic E-state index is 12.4. The van der Waals surface area contributed by atoms with Crippen LogP contribution in [0, 0.1) is 6.92 Å². The number of rotatable bonds is 6. The summed E-state index contributed by atoms with van der Waals surface area (Å²) in [4.78, 5) is 29.6. The molecule has 0 aliphatic carbocycles. The molecule has 7 heteroatoms. The largest absolute Gasteiger partial charge is 0.457 e. The summed E-state index contributed by atoms with van der Waals surface area (Å²) in [5.41, 5.74) is 2.00. The first-order chi connectivity index (χ1) is 14.1. The van der Waals surface area contributed by atoms with Crippen LogP contribution in [0.2, 0.25) is 0 Å². The highest BCUT2D eigenvalue weighted by Gasteiger charge is 2.10. The van der Waals surface area contributed by atoms with E-state index < -0.39 is 0 Å². The Hall–Kier alpha value is -3.45. The van der Waals surface area contributed by atoms with E-state index in [1.807, 2.05) is 35.7 Å². The molecule has 6 nitrogen and oxygen atoms in total. The van der Waals surface area contributed by atoms with Crippen LogP contribution in [0.4, 0.5) is 0 Å². The number of nitrogens with zero attached hydrogens (tertiary/aromatic N) is 2. The molecular formula is C22H19N3O3S. The molecule has 0 saturated heterocycles. The number of nitrogens with one attached hydrogen (secondary N) is 1. The summed E-state index contributed by atoms with van der Waals surface area (Å²) in [5.74, 6) is 1.24. The van der Waals surface area contributed by atoms with Gasteiger partial charge in [-0.2, -0.15) is 0 Å². The minimum Gasteiger partial charge on any atom is -0.457 e. The molecule has 2 heterocycles. The third-order valence-electron chi connectivity index (χ3n) is 4.37. The van der Waals surface area contributed by atoms with Gasteiger partial charge in [0.1, 0.15) is 11.5 Å². The number of amides is 1. The van der Waals surface area contributed by atoms with Crippen molar-refractivity contribution in [1.29, 1.82) is 0 Å². The van der Waals surface area contributed by atoms with Crippen LogP contribution in [0.1, 0.15) is 21.7 Å². The number of hydrogen-bond acceptors (Lipinski definition) is 5. The number of hydrogen-bond donors (Lipinski definition) is 1. The predicted octanol–water partition coefficient (Wildman–Crippen LogP) is 3.83. The summed E-state index contributed by atoms with van der Waals surface area (Å²) < 4.78 is 7.33. The number of para-hydroxylation sites is 1. The van der Waals surface area contributed by atoms with E-state index in [1.54, 1.807) is 35.6 Å². The molecule has 29 heavy (non-hydrogen) atoms. The predicted molar refractivity (Wildman–Crippen MR) is 113 cm³/mol. The van der Waals surface area contributed by atoms with Crippen molar-refractivity contribution in [3.05, 3.63) is 93.3 Å². The van der Waals surface area contributed by atoms with Gasteiger partial charge in [0.05, 0.1) is 0 Å². The molecule has 4 rings (SSSR count). The van der Waals surface area contributed by atoms with Crippen LogP contribution >= 0.6 is 11.3 Å². The van der Waals surface area contributed by atoms with E-state index in [2.05, 4.69) is 10.3 Å². The van der Waals surface area contributed by atoms with E-state index >= 15 is 0 Å². The lowest BCUT2D eigenvalue weighted by Gasteiger charge is -2.08. The van der Waals surface area contributed by atoms with E-state index in [0.29, 0.717) is 34.9 Å². The van der Waals surface area contributed by atoms with E-state index in [9.17, 15) is 9.59 Å². The number of ether oxygens (including phenoxy) is 1. The highest BCUT2D eigenvalue weighted by atomic mass is 32.1. The van der Waals surface area contributed by atoms with Crippen LogP contribution in [0.3, 0.4) is 0 Å². The normalized spacial score (nSPS) is 10.8. The summed E-state index contributed by atoms with van der Waals surface area (Å²) in [6.07, 6.45) is 0.547. The van der Waals surface area contributed by atoms with Gasteiger partial charge in [-0.25, -0.2) is 4.98 Å². The number of aromatic nitrogens is 2. The number of fused-ring (bicyclic) bond motifs is 1. The van der Waals surface area contributed by atoms with Crippen molar-refractivity contribution in [2.45, 2.75) is 13.3 Å². The van der Waals surface area contributed by atoms with Gasteiger partial charge >= 0.3 is 0 Å². The summed E-state index contributed by atoms with van der Waals surface area (Å²) >= 11 is 1.42. The smallest absolute Gasteiger partial charge is 0.258 e. The molecule has 0 aliphatic heterocycles. The lowest BCUT2D eigenvalue weighted by atomic mass is 10.2. The first-order valence-electron chi connectivity index (χ1n) is 9.18. The molecule has 2 aromatic heterocycles. The van der Waals surface area contributed by atoms with Crippen LogP contribution in [0.25, 0.3) is 4.96 Å². The SMILES string of the molecule is Cc1cc(=O)n2c(CCNC(=O)c3ccc(Oc4ccccc4)cc3)csc2n1. The second-order valence-corrected chi connectivity index (χ2v) is 7.36. The second-order valence-electron chi connectivity index (χ2n) is 6.53. The van der Waals surface area contributed by atoms with Crippen LogP contribution in [-0.2, 0) is 6.42 Å². The maximum Gasteiger partial charge on any atom is 0.258 e. The molecular weight excluding hydrogens is 386 g/mol. The molecule has 0 saturated carbocycles. The van der Waals surface area contributed by atoms with Gasteiger partial charge in [-0.1, -0.05) is 18.2 Å². The van der Waals surface area contributed by atoms with Crippen LogP contribution in [-0.4, -0.2) is 21.8 Å². The third kappa shape index (κ3) is 4.35. The van der Waals surface area contributed by atoms with Gasteiger partial charge < -0.3 is 10.1 Å². The topological polar surface area (TPSA) is 72.7 Å². The van der Waals surface area contributed by atoms with Crippen LogP contribution in [0.15, 0.2) is 70.8 Å². The Morgan fingerprint density at radius 1 is 1.10 bits per heavy atom. The van der Waals surface area contributed by atoms with Gasteiger partial charge in [0.25, 0.3) is 11.5 Å². The quantitative estimate of drug-likeness (QED) is 0.529. The van der Waals surface area contributed by atoms with Gasteiger partial charge in [-0.3, -0.25) is 14.0 Å². The van der Waals surface area contributed by atoms with E-state index in [-0.39, 0.29) is 11.5 Å². The summed E-state index contributed by atoms with van der Waals surface area (Å²) in [6.45, 7) is 2.23. The minimum atomic E-state index is -0.169. The number of benzene rings is 2. The number of carbonyl (C=O) groups is 1. The fourth-order valence-corrected chi connectivity index (χ4v) is 3.94. The fourth-order valence-electron chi connectivity index (χ4n) is 2.96. The Balaban J connectivity index is 1.36. The number of aryl methyl sites for hydroxylation is 1. The maximum absolute atomic E-state index is 12.4. The lowest BCUT2D eigenvalue weighted by molar-refractivity contribution is 0.0954. The molecule has 0 radical (unpaired) electrons. The van der Waals surface area contributed by atoms with E-state index in [1.165, 1.54) is 17.4 Å². The molecule has 0 bridgehead atoms. The molecule has 0 atom stereocenters. The van der Waals surface area contributed by atoms with Gasteiger partial charge in [0.2, 0.25) is 0 Å². The standard InChI is InChI=1S/C22H19N3O3S/c1-15-13-20(26)25-17(14-29-22(25)24-15)11-12-23-21(27)16-7-9-19(10-8-16)28-18-5-3-2-4-6-18/h2-10,13-14H,11-12H2,1H3,(H,23,27). The van der Waals surface area contributed by atoms with Gasteiger partial charge in [0.15, 0.2) is 4.96 Å². The molecule has 4 aromatic rings. The molecule has 0 unspecified atom stereocenters. The monoisotopic (exact) mass is 405 g/mol. The van der Waals surface area contributed by atoms with E-state index in [4.69, 9.17) is 4.74 Å². The number of thiazole rings is 1. The summed E-state index contributed by atoms with van der Waals surface area (Å²) in [7, 11) is 0. The Bertz CT molecular complexity index is 1200. The first-order valence-corrected chi connectivity index (χ1v) is 10.1. The zero-order chi connectivity index (χ0) is 20.2. The van der Waals surface area contributed by atoms with Crippen molar-refractivity contribution in [2.24, 2.45) is 0 Å². The zero-order valence-corrected chi connectivity index (χ0v) is 16.6. The second kappa shape index (κ2) is 8.28. The minimum absolute atomic E-state index is 0.0934. The number of carbonyl (C=O) groups excluding carboxylic acids is 1. The van der Waals surface area contributed by atoms with Crippen molar-refractivity contribution >= 4 is 22.2 Å². The Morgan fingerprint density at radius 2 is 1.83 bits per heavy atom. The molecule has 2 aromatic carbocycles. The highest BCUT2D eigenvalue weighted by molar-refractivity contribution is 7.15. The first kappa shape index (κ1) is 18.9. The highest BCUT2D eigenvalue weighted by Crippen LogP contribution is 2.21. The van der Waals surface area contributed by atoms with Crippen LogP contribution < -0.4 is 15.6 Å². The van der Waals surface area contributed by atoms with Gasteiger partial charge in [-0.15, -0.1) is 11.3 Å². The summed E-state index contributed by atoms with van der Waals surface area (Å²) in [6, 6.07) is 18.0. The van der Waals surface area contributed by atoms with Crippen molar-refractivity contribution < 1.29 is 9.53 Å². The molecule has 1 amide bonds. The zero-order valence-electron chi connectivity index (χ0n) is 15.8. The Labute approximate surface area is 171 Å². The molecule has 0 aliphatic rings. The molecule has 146 valence electrons.